The van der Waals surface area contributed by atoms with Crippen LogP contribution in [0.25, 0.3) is 17.1 Å². The predicted octanol–water partition coefficient (Wildman–Crippen LogP) is 5.95. The largest absolute Gasteiger partial charge is 0.316 e. The van der Waals surface area contributed by atoms with Crippen molar-refractivity contribution in [3.8, 4) is 23.1 Å². The van der Waals surface area contributed by atoms with E-state index < -0.39 is 5.25 Å². The Kier molecular flexibility index (Phi) is 6.61. The number of benzene rings is 2. The van der Waals surface area contributed by atoms with Crippen LogP contribution in [0.1, 0.15) is 18.1 Å². The molecule has 4 rings (SSSR count). The Bertz CT molecular complexity index is 1310. The second-order valence-electron chi connectivity index (χ2n) is 7.01. The van der Waals surface area contributed by atoms with E-state index >= 15 is 0 Å². The zero-order valence-electron chi connectivity index (χ0n) is 17.2. The maximum atomic E-state index is 12.8. The lowest BCUT2D eigenvalue weighted by atomic mass is 10.2. The van der Waals surface area contributed by atoms with Gasteiger partial charge in [-0.15, -0.1) is 21.5 Å². The number of amides is 1. The molecule has 2 heterocycles. The van der Waals surface area contributed by atoms with Gasteiger partial charge in [0.2, 0.25) is 5.91 Å². The van der Waals surface area contributed by atoms with E-state index in [-0.39, 0.29) is 5.91 Å². The summed E-state index contributed by atoms with van der Waals surface area (Å²) in [6, 6.07) is 19.2. The molecule has 0 radical (unpaired) electrons. The summed E-state index contributed by atoms with van der Waals surface area (Å²) in [5, 5.41) is 23.9. The first-order valence-corrected chi connectivity index (χ1v) is 11.8. The fourth-order valence-corrected chi connectivity index (χ4v) is 4.79. The number of anilines is 1. The van der Waals surface area contributed by atoms with Crippen LogP contribution in [0.4, 0.5) is 5.00 Å². The number of carbonyl (C=O) groups is 1. The molecular formula is C23H18ClN5OS2. The van der Waals surface area contributed by atoms with E-state index in [1.54, 1.807) is 18.4 Å². The highest BCUT2D eigenvalue weighted by atomic mass is 35.5. The van der Waals surface area contributed by atoms with Crippen molar-refractivity contribution >= 4 is 45.6 Å². The monoisotopic (exact) mass is 479 g/mol. The fraction of sp³-hybridized carbons (Fsp3) is 0.130. The van der Waals surface area contributed by atoms with E-state index in [1.807, 2.05) is 60.0 Å². The van der Waals surface area contributed by atoms with Crippen molar-refractivity contribution in [2.24, 2.45) is 0 Å². The van der Waals surface area contributed by atoms with Gasteiger partial charge in [0.05, 0.1) is 10.8 Å². The molecule has 0 aliphatic rings. The molecule has 0 bridgehead atoms. The number of thiophene rings is 1. The lowest BCUT2D eigenvalue weighted by Crippen LogP contribution is -2.22. The number of hydrogen-bond acceptors (Lipinski definition) is 6. The highest BCUT2D eigenvalue weighted by Gasteiger charge is 2.23. The third-order valence-electron chi connectivity index (χ3n) is 4.67. The molecule has 2 aromatic heterocycles. The molecule has 6 nitrogen and oxygen atoms in total. The summed E-state index contributed by atoms with van der Waals surface area (Å²) in [5.41, 5.74) is 3.32. The Hall–Kier alpha value is -3.12. The van der Waals surface area contributed by atoms with Gasteiger partial charge in [0, 0.05) is 16.3 Å². The van der Waals surface area contributed by atoms with Crippen LogP contribution in [0.2, 0.25) is 5.02 Å². The molecular weight excluding hydrogens is 462 g/mol. The summed E-state index contributed by atoms with van der Waals surface area (Å²) < 4.78 is 1.94. The maximum Gasteiger partial charge on any atom is 0.238 e. The van der Waals surface area contributed by atoms with Gasteiger partial charge in [0.1, 0.15) is 11.1 Å². The Morgan fingerprint density at radius 1 is 1.22 bits per heavy atom. The number of aryl methyl sites for hydroxylation is 1. The van der Waals surface area contributed by atoms with E-state index in [1.165, 1.54) is 23.1 Å². The van der Waals surface area contributed by atoms with Crippen molar-refractivity contribution in [3.05, 3.63) is 76.1 Å². The first-order valence-electron chi connectivity index (χ1n) is 9.70. The fourth-order valence-electron chi connectivity index (χ4n) is 3.05. The molecule has 0 spiro atoms. The number of nitriles is 1. The number of nitrogens with one attached hydrogen (secondary N) is 1. The normalized spacial score (nSPS) is 11.7. The van der Waals surface area contributed by atoms with Crippen LogP contribution in [0.15, 0.2) is 65.1 Å². The van der Waals surface area contributed by atoms with Crippen molar-refractivity contribution in [2.45, 2.75) is 24.3 Å². The van der Waals surface area contributed by atoms with Gasteiger partial charge in [0.15, 0.2) is 11.0 Å². The van der Waals surface area contributed by atoms with Gasteiger partial charge in [-0.25, -0.2) is 0 Å². The van der Waals surface area contributed by atoms with Crippen molar-refractivity contribution in [2.75, 3.05) is 5.32 Å². The Balaban J connectivity index is 1.67. The summed E-state index contributed by atoms with van der Waals surface area (Å²) in [6.07, 6.45) is 0. The smallest absolute Gasteiger partial charge is 0.238 e. The van der Waals surface area contributed by atoms with E-state index in [0.29, 0.717) is 26.6 Å². The minimum Gasteiger partial charge on any atom is -0.316 e. The van der Waals surface area contributed by atoms with Crippen LogP contribution in [0, 0.1) is 18.3 Å². The van der Waals surface area contributed by atoms with E-state index in [2.05, 4.69) is 21.6 Å². The topological polar surface area (TPSA) is 83.6 Å². The lowest BCUT2D eigenvalue weighted by molar-refractivity contribution is -0.115. The molecule has 2 aromatic carbocycles. The number of hydrogen-bond donors (Lipinski definition) is 1. The van der Waals surface area contributed by atoms with Crippen molar-refractivity contribution in [1.82, 2.24) is 14.8 Å². The molecule has 4 aromatic rings. The first kappa shape index (κ1) is 22.1. The summed E-state index contributed by atoms with van der Waals surface area (Å²) in [5.74, 6) is 0.452. The lowest BCUT2D eigenvalue weighted by Gasteiger charge is -2.14. The van der Waals surface area contributed by atoms with Crippen LogP contribution in [0.5, 0.6) is 0 Å². The van der Waals surface area contributed by atoms with Gasteiger partial charge in [0.25, 0.3) is 0 Å². The third-order valence-corrected chi connectivity index (χ3v) is 6.79. The molecule has 0 saturated carbocycles. The molecule has 0 aliphatic heterocycles. The van der Waals surface area contributed by atoms with Gasteiger partial charge in [-0.05, 0) is 67.3 Å². The number of rotatable bonds is 6. The predicted molar refractivity (Wildman–Crippen MR) is 130 cm³/mol. The Morgan fingerprint density at radius 3 is 2.72 bits per heavy atom. The van der Waals surface area contributed by atoms with Crippen LogP contribution in [-0.4, -0.2) is 25.9 Å². The van der Waals surface area contributed by atoms with Crippen molar-refractivity contribution in [3.63, 3.8) is 0 Å². The molecule has 1 N–H and O–H groups in total. The Labute approximate surface area is 198 Å². The second kappa shape index (κ2) is 9.57. The third kappa shape index (κ3) is 4.70. The molecule has 1 atom stereocenters. The number of aromatic nitrogens is 3. The minimum absolute atomic E-state index is 0.208. The molecule has 9 heteroatoms. The average Bonchev–Trinajstić information content (AvgIpc) is 3.41. The second-order valence-corrected chi connectivity index (χ2v) is 9.67. The summed E-state index contributed by atoms with van der Waals surface area (Å²) >= 11 is 8.68. The molecule has 32 heavy (non-hydrogen) atoms. The van der Waals surface area contributed by atoms with Gasteiger partial charge >= 0.3 is 0 Å². The number of carbonyl (C=O) groups excluding carboxylic acids is 1. The molecule has 0 aliphatic carbocycles. The average molecular weight is 480 g/mol. The van der Waals surface area contributed by atoms with Crippen molar-refractivity contribution < 1.29 is 4.79 Å². The summed E-state index contributed by atoms with van der Waals surface area (Å²) in [4.78, 5) is 12.8. The number of halogens is 1. The van der Waals surface area contributed by atoms with Crippen LogP contribution >= 0.6 is 34.7 Å². The van der Waals surface area contributed by atoms with Gasteiger partial charge in [-0.1, -0.05) is 35.5 Å². The zero-order valence-corrected chi connectivity index (χ0v) is 19.6. The summed E-state index contributed by atoms with van der Waals surface area (Å²) in [6.45, 7) is 3.82. The van der Waals surface area contributed by atoms with E-state index in [9.17, 15) is 10.1 Å². The molecule has 0 saturated heterocycles. The van der Waals surface area contributed by atoms with Crippen LogP contribution < -0.4 is 5.32 Å². The zero-order chi connectivity index (χ0) is 22.7. The van der Waals surface area contributed by atoms with Crippen LogP contribution in [-0.2, 0) is 4.79 Å². The standard InChI is InChI=1S/C23H18ClN5OS2/c1-14-4-3-5-19(12-14)29-20(16-6-8-18(24)9-7-16)27-28-23(29)32-15(2)21(30)26-22-17(13-25)10-11-31-22/h3-12,15H,1-2H3,(H,26,30). The van der Waals surface area contributed by atoms with Gasteiger partial charge < -0.3 is 5.32 Å². The minimum atomic E-state index is -0.463. The first-order chi connectivity index (χ1) is 15.5. The van der Waals surface area contributed by atoms with Crippen molar-refractivity contribution in [1.29, 1.82) is 5.26 Å². The van der Waals surface area contributed by atoms with E-state index in [0.717, 1.165) is 16.8 Å². The maximum absolute atomic E-state index is 12.8. The molecule has 0 fully saturated rings. The van der Waals surface area contributed by atoms with E-state index in [4.69, 9.17) is 11.6 Å². The highest BCUT2D eigenvalue weighted by Crippen LogP contribution is 2.32. The number of thioether (sulfide) groups is 1. The SMILES string of the molecule is Cc1cccc(-n2c(SC(C)C(=O)Nc3sccc3C#N)nnc2-c2ccc(Cl)cc2)c1. The van der Waals surface area contributed by atoms with Gasteiger partial charge in [-0.2, -0.15) is 5.26 Å². The molecule has 1 unspecified atom stereocenters. The highest BCUT2D eigenvalue weighted by molar-refractivity contribution is 8.00. The van der Waals surface area contributed by atoms with Gasteiger partial charge in [-0.3, -0.25) is 9.36 Å². The number of nitrogens with zero attached hydrogens (tertiary/aromatic N) is 4. The quantitative estimate of drug-likeness (QED) is 0.345. The van der Waals surface area contributed by atoms with Crippen LogP contribution in [0.3, 0.4) is 0 Å². The summed E-state index contributed by atoms with van der Waals surface area (Å²) in [7, 11) is 0. The molecule has 1 amide bonds. The molecule has 160 valence electrons. The Morgan fingerprint density at radius 2 is 2.00 bits per heavy atom.